The van der Waals surface area contributed by atoms with Crippen molar-refractivity contribution < 1.29 is 19.3 Å². The molecule has 1 aliphatic carbocycles. The Morgan fingerprint density at radius 1 is 0.862 bits per heavy atom. The maximum absolute atomic E-state index is 9.78. The Balaban J connectivity index is 0.00000156. The van der Waals surface area contributed by atoms with Gasteiger partial charge in [-0.3, -0.25) is 0 Å². The zero-order chi connectivity index (χ0) is 43.0. The lowest BCUT2D eigenvalue weighted by Crippen LogP contribution is -2.07. The fraction of sp³-hybridized carbons (Fsp3) is 0.296. The first kappa shape index (κ1) is 48.5. The number of hydrogen-bond acceptors (Lipinski definition) is 4. The third kappa shape index (κ3) is 12.2. The second-order valence-corrected chi connectivity index (χ2v) is 12.9. The third-order valence-corrected chi connectivity index (χ3v) is 9.18. The van der Waals surface area contributed by atoms with Gasteiger partial charge in [-0.05, 0) is 129 Å². The Labute approximate surface area is 350 Å². The highest BCUT2D eigenvalue weighted by Gasteiger charge is 2.21. The van der Waals surface area contributed by atoms with Gasteiger partial charge >= 0.3 is 0 Å². The topological polar surface area (TPSA) is 47.9 Å². The minimum atomic E-state index is -0.110. The van der Waals surface area contributed by atoms with Crippen LogP contribution in [0.5, 0.6) is 11.5 Å². The Kier molecular flexibility index (Phi) is 22.1. The first-order chi connectivity index (χ1) is 28.3. The highest BCUT2D eigenvalue weighted by molar-refractivity contribution is 6.11. The lowest BCUT2D eigenvalue weighted by atomic mass is 9.85. The SMILES string of the molecule is C#C/C=C\C(=C)/C(C)=C(\C=C)c1ccc2c(-c3c(OCCOC)ccc4cc(C5=CCCC(C=C)=C5/C=C\C)ccc34)c(OCCO)ccc2c1.CC.CC.CCC. The van der Waals surface area contributed by atoms with Crippen LogP contribution in [0.1, 0.15) is 85.8 Å². The molecule has 0 fully saturated rings. The lowest BCUT2D eigenvalue weighted by molar-refractivity contribution is 0.146. The van der Waals surface area contributed by atoms with E-state index in [2.05, 4.69) is 106 Å². The molecule has 1 N–H and O–H groups in total. The number of hydrogen-bond donors (Lipinski definition) is 1. The molecule has 0 heterocycles. The summed E-state index contributed by atoms with van der Waals surface area (Å²) in [5.41, 5.74) is 10.4. The number of fused-ring (bicyclic) bond motifs is 2. The van der Waals surface area contributed by atoms with Crippen molar-refractivity contribution in [1.29, 1.82) is 0 Å². The number of terminal acetylenes is 1. The number of allylic oxidation sites excluding steroid dienone is 13. The molecule has 0 radical (unpaired) electrons. The fourth-order valence-corrected chi connectivity index (χ4v) is 6.67. The Bertz CT molecular complexity index is 2200. The molecule has 0 aromatic heterocycles. The minimum absolute atomic E-state index is 0.110. The van der Waals surface area contributed by atoms with Gasteiger partial charge in [-0.15, -0.1) is 6.42 Å². The third-order valence-electron chi connectivity index (χ3n) is 9.18. The quantitative estimate of drug-likeness (QED) is 0.0742. The van der Waals surface area contributed by atoms with E-state index in [1.807, 2.05) is 71.9 Å². The smallest absolute Gasteiger partial charge is 0.128 e. The van der Waals surface area contributed by atoms with Crippen LogP contribution in [0.25, 0.3) is 43.8 Å². The van der Waals surface area contributed by atoms with Crippen molar-refractivity contribution in [2.24, 2.45) is 0 Å². The Hall–Kier alpha value is -5.60. The highest BCUT2D eigenvalue weighted by Crippen LogP contribution is 2.47. The molecule has 0 saturated carbocycles. The van der Waals surface area contributed by atoms with Gasteiger partial charge in [0.15, 0.2) is 0 Å². The van der Waals surface area contributed by atoms with Crippen LogP contribution in [-0.4, -0.2) is 38.6 Å². The zero-order valence-electron chi connectivity index (χ0n) is 36.6. The van der Waals surface area contributed by atoms with Gasteiger partial charge < -0.3 is 19.3 Å². The molecule has 58 heavy (non-hydrogen) atoms. The monoisotopic (exact) mass is 778 g/mol. The maximum Gasteiger partial charge on any atom is 0.128 e. The molecule has 0 unspecified atom stereocenters. The molecule has 0 aliphatic heterocycles. The van der Waals surface area contributed by atoms with Gasteiger partial charge in [0.25, 0.3) is 0 Å². The van der Waals surface area contributed by atoms with E-state index in [4.69, 9.17) is 20.6 Å². The number of benzene rings is 4. The highest BCUT2D eigenvalue weighted by atomic mass is 16.5. The molecule has 5 rings (SSSR count). The molecule has 4 nitrogen and oxygen atoms in total. The van der Waals surface area contributed by atoms with Crippen LogP contribution in [0, 0.1) is 12.3 Å². The van der Waals surface area contributed by atoms with Crippen LogP contribution in [0.4, 0.5) is 0 Å². The van der Waals surface area contributed by atoms with Crippen LogP contribution < -0.4 is 9.47 Å². The number of methoxy groups -OCH3 is 1. The normalized spacial score (nSPS) is 12.6. The molecule has 1 aliphatic rings. The minimum Gasteiger partial charge on any atom is -0.491 e. The summed E-state index contributed by atoms with van der Waals surface area (Å²) in [5.74, 6) is 3.91. The molecule has 0 saturated heterocycles. The van der Waals surface area contributed by atoms with Crippen molar-refractivity contribution in [3.05, 3.63) is 156 Å². The van der Waals surface area contributed by atoms with E-state index in [-0.39, 0.29) is 13.2 Å². The molecule has 4 aromatic carbocycles. The second-order valence-electron chi connectivity index (χ2n) is 12.9. The number of aliphatic hydroxyl groups excluding tert-OH is 1. The average Bonchev–Trinajstić information content (AvgIpc) is 3.26. The first-order valence-electron chi connectivity index (χ1n) is 20.7. The van der Waals surface area contributed by atoms with Crippen molar-refractivity contribution in [2.45, 2.75) is 74.7 Å². The van der Waals surface area contributed by atoms with E-state index >= 15 is 0 Å². The largest absolute Gasteiger partial charge is 0.491 e. The standard InChI is InChI=1S/C47H46O4.C3H8.2C2H6/c1-8-12-15-32(5)33(6)39(11-4)35-18-22-42-37(30-35)20-24-44(50-27-26-48)46(42)47-43-23-19-36(31-38(43)21-25-45(47)51-29-28-49-7)41-17-13-16-34(10-3)40(41)14-9-2;1-3-2;2*1-2/h1,9-12,14-15,17-25,30-31,48H,3-5,13,16,26-29H2,2,6-7H3;3H2,1-2H3;2*1-2H3/b14-9-,15-12-,39-33+;;;. The van der Waals surface area contributed by atoms with Gasteiger partial charge in [0.2, 0.25) is 0 Å². The van der Waals surface area contributed by atoms with Gasteiger partial charge in [0, 0.05) is 18.2 Å². The second kappa shape index (κ2) is 26.3. The summed E-state index contributed by atoms with van der Waals surface area (Å²) >= 11 is 0. The van der Waals surface area contributed by atoms with Crippen LogP contribution in [-0.2, 0) is 4.74 Å². The van der Waals surface area contributed by atoms with E-state index in [1.54, 1.807) is 13.2 Å². The van der Waals surface area contributed by atoms with Crippen molar-refractivity contribution in [3.63, 3.8) is 0 Å². The zero-order valence-corrected chi connectivity index (χ0v) is 36.6. The molecule has 306 valence electrons. The lowest BCUT2D eigenvalue weighted by Gasteiger charge is -2.22. The van der Waals surface area contributed by atoms with Crippen LogP contribution >= 0.6 is 0 Å². The predicted molar refractivity (Wildman–Crippen MR) is 255 cm³/mol. The van der Waals surface area contributed by atoms with Crippen molar-refractivity contribution in [3.8, 4) is 35.0 Å². The van der Waals surface area contributed by atoms with Crippen molar-refractivity contribution in [1.82, 2.24) is 0 Å². The molecule has 4 heteroatoms. The molecule has 0 atom stereocenters. The maximum atomic E-state index is 9.78. The first-order valence-corrected chi connectivity index (χ1v) is 20.7. The molecule has 4 aromatic rings. The summed E-state index contributed by atoms with van der Waals surface area (Å²) in [6.45, 7) is 29.6. The van der Waals surface area contributed by atoms with E-state index < -0.39 is 0 Å². The summed E-state index contributed by atoms with van der Waals surface area (Å²) < 4.78 is 18.0. The van der Waals surface area contributed by atoms with E-state index in [0.717, 1.165) is 79.1 Å². The number of rotatable bonds is 15. The van der Waals surface area contributed by atoms with Gasteiger partial charge in [-0.2, -0.15) is 0 Å². The Morgan fingerprint density at radius 3 is 2.02 bits per heavy atom. The molecule has 0 amide bonds. The summed E-state index contributed by atoms with van der Waals surface area (Å²) in [4.78, 5) is 0. The van der Waals surface area contributed by atoms with Gasteiger partial charge in [-0.25, -0.2) is 0 Å². The van der Waals surface area contributed by atoms with E-state index in [9.17, 15) is 5.11 Å². The van der Waals surface area contributed by atoms with E-state index in [0.29, 0.717) is 19.0 Å². The predicted octanol–water partition coefficient (Wildman–Crippen LogP) is 14.5. The molecule has 0 bridgehead atoms. The van der Waals surface area contributed by atoms with Crippen molar-refractivity contribution in [2.75, 3.05) is 33.5 Å². The summed E-state index contributed by atoms with van der Waals surface area (Å²) in [6.07, 6.45) is 22.5. The molecule has 0 spiro atoms. The number of ether oxygens (including phenoxy) is 3. The summed E-state index contributed by atoms with van der Waals surface area (Å²) in [5, 5.41) is 13.9. The van der Waals surface area contributed by atoms with Crippen LogP contribution in [0.15, 0.2) is 145 Å². The van der Waals surface area contributed by atoms with Crippen molar-refractivity contribution >= 4 is 32.7 Å². The van der Waals surface area contributed by atoms with Gasteiger partial charge in [0.1, 0.15) is 24.7 Å². The van der Waals surface area contributed by atoms with Crippen LogP contribution in [0.3, 0.4) is 0 Å². The van der Waals surface area contributed by atoms with E-state index in [1.165, 1.54) is 23.1 Å². The Morgan fingerprint density at radius 2 is 1.47 bits per heavy atom. The molecular formula is C54H66O4. The van der Waals surface area contributed by atoms with Gasteiger partial charge in [-0.1, -0.05) is 140 Å². The number of aliphatic hydroxyl groups is 1. The molecular weight excluding hydrogens is 713 g/mol. The average molecular weight is 779 g/mol. The summed E-state index contributed by atoms with van der Waals surface area (Å²) in [6, 6.07) is 21.2. The van der Waals surface area contributed by atoms with Crippen LogP contribution in [0.2, 0.25) is 0 Å². The fourth-order valence-electron chi connectivity index (χ4n) is 6.67. The van der Waals surface area contributed by atoms with Gasteiger partial charge in [0.05, 0.1) is 13.2 Å². The summed E-state index contributed by atoms with van der Waals surface area (Å²) in [7, 11) is 1.66.